The molecule has 19 heteroatoms. The summed E-state index contributed by atoms with van der Waals surface area (Å²) in [6.45, 7) is 2.90. The van der Waals surface area contributed by atoms with E-state index < -0.39 is 77.5 Å². The molecule has 0 saturated carbocycles. The summed E-state index contributed by atoms with van der Waals surface area (Å²) < 4.78 is 48.4. The molecule has 1 aromatic heterocycles. The lowest BCUT2D eigenvalue weighted by Crippen LogP contribution is -2.71. The van der Waals surface area contributed by atoms with E-state index in [9.17, 15) is 37.1 Å². The van der Waals surface area contributed by atoms with Crippen LogP contribution in [0.2, 0.25) is 0 Å². The molecule has 0 spiro atoms. The third kappa shape index (κ3) is 7.99. The molecule has 4 N–H and O–H groups in total. The maximum atomic E-state index is 13.1. The van der Waals surface area contributed by atoms with E-state index in [-0.39, 0.29) is 28.2 Å². The van der Waals surface area contributed by atoms with Gasteiger partial charge in [0.1, 0.15) is 22.8 Å². The van der Waals surface area contributed by atoms with E-state index in [1.165, 1.54) is 5.38 Å². The van der Waals surface area contributed by atoms with E-state index in [1.54, 1.807) is 20.8 Å². The summed E-state index contributed by atoms with van der Waals surface area (Å²) in [6, 6.07) is -1.28. The first-order chi connectivity index (χ1) is 19.5. The minimum Gasteiger partial charge on any atom is -0.479 e. The van der Waals surface area contributed by atoms with E-state index in [2.05, 4.69) is 20.3 Å². The van der Waals surface area contributed by atoms with Gasteiger partial charge in [0, 0.05) is 17.2 Å². The highest BCUT2D eigenvalue weighted by Crippen LogP contribution is 2.41. The molecule has 2 atom stereocenters. The average molecular weight is 636 g/mol. The van der Waals surface area contributed by atoms with Gasteiger partial charge in [0.15, 0.2) is 10.8 Å². The first kappa shape index (κ1) is 32.4. The lowest BCUT2D eigenvalue weighted by Gasteiger charge is -2.49. The Labute approximate surface area is 243 Å². The number of fused-ring (bicyclic) bond motifs is 1. The van der Waals surface area contributed by atoms with Crippen LogP contribution >= 0.6 is 23.1 Å². The second-order valence-electron chi connectivity index (χ2n) is 9.52. The summed E-state index contributed by atoms with van der Waals surface area (Å²) in [7, 11) is 0. The summed E-state index contributed by atoms with van der Waals surface area (Å²) in [4.78, 5) is 71.2. The Morgan fingerprint density at radius 2 is 1.95 bits per heavy atom. The number of carbonyl (C=O) groups excluding carboxylic acids is 4. The largest absolute Gasteiger partial charge is 0.479 e. The summed E-state index contributed by atoms with van der Waals surface area (Å²) >= 11 is 1.90. The molecule has 2 aliphatic heterocycles. The zero-order valence-electron chi connectivity index (χ0n) is 22.1. The number of nitrogens with zero attached hydrogens (tertiary/aromatic N) is 3. The van der Waals surface area contributed by atoms with Crippen LogP contribution in [-0.2, 0) is 38.3 Å². The first-order valence-corrected chi connectivity index (χ1v) is 13.6. The number of ether oxygens (including phenoxy) is 2. The average Bonchev–Trinajstić information content (AvgIpc) is 3.31. The van der Waals surface area contributed by atoms with Gasteiger partial charge in [-0.1, -0.05) is 11.2 Å². The van der Waals surface area contributed by atoms with E-state index in [4.69, 9.17) is 20.3 Å². The number of thiazole rings is 1. The molecule has 0 bridgehead atoms. The quantitative estimate of drug-likeness (QED) is 0.110. The van der Waals surface area contributed by atoms with Gasteiger partial charge in [-0.15, -0.1) is 23.1 Å². The summed E-state index contributed by atoms with van der Waals surface area (Å²) in [6.07, 6.45) is -4.21. The van der Waals surface area contributed by atoms with Crippen molar-refractivity contribution in [2.24, 2.45) is 10.6 Å². The highest BCUT2D eigenvalue weighted by Gasteiger charge is 2.54. The fourth-order valence-electron chi connectivity index (χ4n) is 3.34. The predicted octanol–water partition coefficient (Wildman–Crippen LogP) is 1.39. The van der Waals surface area contributed by atoms with E-state index >= 15 is 0 Å². The van der Waals surface area contributed by atoms with Crippen molar-refractivity contribution in [3.63, 3.8) is 0 Å². The number of thioether (sulfide) groups is 1. The molecule has 1 fully saturated rings. The standard InChI is InChI=1S/C23H24F3N5O9S2/c1-22(2,3)20(37)39-9-38-19(36)15-10(4-5-23(24,25)26)7-41-18-14(17(35)31(15)18)29-16(34)13(30-40-6-12(32)33)11-8-42-21(27)28-11/h4-5,8,14,18H,6-7,9H2,1-3H3,(H2,27,28)(H,29,34)(H,32,33)/t14?,18-/m0/s1. The molecule has 42 heavy (non-hydrogen) atoms. The third-order valence-corrected chi connectivity index (χ3v) is 7.24. The van der Waals surface area contributed by atoms with Gasteiger partial charge in [-0.25, -0.2) is 14.6 Å². The van der Waals surface area contributed by atoms with Gasteiger partial charge in [0.05, 0.1) is 5.41 Å². The fraction of sp³-hybridized carbons (Fsp3) is 0.435. The zero-order chi connectivity index (χ0) is 31.4. The van der Waals surface area contributed by atoms with Gasteiger partial charge in [-0.05, 0) is 26.3 Å². The van der Waals surface area contributed by atoms with Gasteiger partial charge in [-0.3, -0.25) is 19.3 Å². The van der Waals surface area contributed by atoms with E-state index in [0.717, 1.165) is 28.0 Å². The molecule has 14 nitrogen and oxygen atoms in total. The minimum atomic E-state index is -4.72. The minimum absolute atomic E-state index is 0.0541. The topological polar surface area (TPSA) is 200 Å². The van der Waals surface area contributed by atoms with Crippen LogP contribution in [0.15, 0.2) is 34.0 Å². The molecule has 2 amide bonds. The number of nitrogens with two attached hydrogens (primary N) is 1. The van der Waals surface area contributed by atoms with E-state index in [0.29, 0.717) is 6.08 Å². The summed E-state index contributed by atoms with van der Waals surface area (Å²) in [5.74, 6) is -5.40. The predicted molar refractivity (Wildman–Crippen MR) is 140 cm³/mol. The summed E-state index contributed by atoms with van der Waals surface area (Å²) in [5, 5.41) is 15.1. The van der Waals surface area contributed by atoms with Gasteiger partial charge < -0.3 is 30.5 Å². The SMILES string of the molecule is CC(C)(C)C(=O)OCOC(=O)C1=C(C=CC(F)(F)F)CS[C@H]2C(NC(=O)C(=NOCC(=O)O)c3csc(N)n3)C(=O)N12. The number of β-lactam (4-membered cyclic amide) rings is 1. The number of hydrogen-bond acceptors (Lipinski definition) is 13. The number of nitrogens with one attached hydrogen (secondary N) is 1. The number of anilines is 1. The van der Waals surface area contributed by atoms with Crippen molar-refractivity contribution in [1.29, 1.82) is 0 Å². The lowest BCUT2D eigenvalue weighted by atomic mass is 9.98. The van der Waals surface area contributed by atoms with Crippen molar-refractivity contribution >= 4 is 63.7 Å². The van der Waals surface area contributed by atoms with Crippen LogP contribution in [0.4, 0.5) is 18.3 Å². The molecule has 3 rings (SSSR count). The van der Waals surface area contributed by atoms with Crippen LogP contribution in [0.3, 0.4) is 0 Å². The van der Waals surface area contributed by atoms with Gasteiger partial charge in [-0.2, -0.15) is 13.2 Å². The van der Waals surface area contributed by atoms with Crippen molar-refractivity contribution in [2.45, 2.75) is 38.4 Å². The number of amides is 2. The van der Waals surface area contributed by atoms with Crippen LogP contribution in [0, 0.1) is 5.41 Å². The van der Waals surface area contributed by atoms with Crippen LogP contribution in [0.1, 0.15) is 26.5 Å². The highest BCUT2D eigenvalue weighted by molar-refractivity contribution is 8.00. The van der Waals surface area contributed by atoms with Crippen molar-refractivity contribution < 1.29 is 56.6 Å². The Bertz CT molecular complexity index is 1370. The Morgan fingerprint density at radius 3 is 2.52 bits per heavy atom. The zero-order valence-corrected chi connectivity index (χ0v) is 23.7. The Morgan fingerprint density at radius 1 is 1.26 bits per heavy atom. The number of aliphatic carboxylic acids is 1. The van der Waals surface area contributed by atoms with Gasteiger partial charge >= 0.3 is 24.1 Å². The first-order valence-electron chi connectivity index (χ1n) is 11.7. The van der Waals surface area contributed by atoms with Crippen LogP contribution in [-0.4, -0.2) is 87.2 Å². The number of nitrogen functional groups attached to an aromatic ring is 1. The molecule has 1 unspecified atom stereocenters. The number of halogens is 3. The number of carboxylic acids is 1. The van der Waals surface area contributed by atoms with Crippen molar-refractivity contribution in [3.8, 4) is 0 Å². The number of esters is 2. The molecular formula is C23H24F3N5O9S2. The second-order valence-corrected chi connectivity index (χ2v) is 11.5. The number of rotatable bonds is 10. The van der Waals surface area contributed by atoms with Crippen LogP contribution in [0.25, 0.3) is 0 Å². The number of hydrogen-bond donors (Lipinski definition) is 3. The highest BCUT2D eigenvalue weighted by atomic mass is 32.2. The lowest BCUT2D eigenvalue weighted by molar-refractivity contribution is -0.173. The number of carbonyl (C=O) groups is 5. The molecular weight excluding hydrogens is 611 g/mol. The molecule has 1 aromatic rings. The maximum Gasteiger partial charge on any atom is 0.409 e. The number of allylic oxidation sites excluding steroid dienone is 2. The molecule has 0 radical (unpaired) electrons. The third-order valence-electron chi connectivity index (χ3n) is 5.27. The summed E-state index contributed by atoms with van der Waals surface area (Å²) in [5.41, 5.74) is 3.37. The molecule has 0 aliphatic carbocycles. The Hall–Kier alpha value is -4.13. The number of alkyl halides is 3. The molecule has 2 aliphatic rings. The van der Waals surface area contributed by atoms with Crippen LogP contribution in [0.5, 0.6) is 0 Å². The van der Waals surface area contributed by atoms with Crippen molar-refractivity contribution in [1.82, 2.24) is 15.2 Å². The van der Waals surface area contributed by atoms with Crippen molar-refractivity contribution in [3.05, 3.63) is 34.5 Å². The molecule has 228 valence electrons. The van der Waals surface area contributed by atoms with Crippen LogP contribution < -0.4 is 11.1 Å². The van der Waals surface area contributed by atoms with Crippen molar-refractivity contribution in [2.75, 3.05) is 24.9 Å². The number of aromatic nitrogens is 1. The smallest absolute Gasteiger partial charge is 0.409 e. The normalized spacial score (nSPS) is 19.2. The molecule has 1 saturated heterocycles. The van der Waals surface area contributed by atoms with Gasteiger partial charge in [0.25, 0.3) is 11.8 Å². The Balaban J connectivity index is 1.82. The van der Waals surface area contributed by atoms with E-state index in [1.807, 2.05) is 0 Å². The molecule has 0 aromatic carbocycles. The molecule has 3 heterocycles. The Kier molecular flexibility index (Phi) is 9.87. The fourth-order valence-corrected chi connectivity index (χ4v) is 5.21. The maximum absolute atomic E-state index is 13.1. The monoisotopic (exact) mass is 635 g/mol. The number of carboxylic acid groups (broad SMARTS) is 1. The van der Waals surface area contributed by atoms with Gasteiger partial charge in [0.2, 0.25) is 13.4 Å². The second kappa shape index (κ2) is 12.8. The number of oxime groups is 1.